The Labute approximate surface area is 170 Å². The van der Waals surface area contributed by atoms with Crippen LogP contribution < -0.4 is 5.32 Å². The molecule has 2 aliphatic rings. The largest absolute Gasteiger partial charge is 0.367 e. The Hall–Kier alpha value is -3.42. The van der Waals surface area contributed by atoms with Gasteiger partial charge in [-0.3, -0.25) is 14.5 Å². The van der Waals surface area contributed by atoms with E-state index in [0.717, 1.165) is 12.8 Å². The third kappa shape index (κ3) is 3.28. The lowest BCUT2D eigenvalue weighted by molar-refractivity contribution is -0.139. The highest BCUT2D eigenvalue weighted by Gasteiger charge is 2.29. The van der Waals surface area contributed by atoms with Crippen molar-refractivity contribution in [2.45, 2.75) is 38.3 Å². The second kappa shape index (κ2) is 7.12. The normalized spacial score (nSPS) is 16.5. The van der Waals surface area contributed by atoms with Gasteiger partial charge in [0.2, 0.25) is 11.8 Å². The summed E-state index contributed by atoms with van der Waals surface area (Å²) in [5.41, 5.74) is 0.953. The number of rotatable bonds is 5. The number of anilines is 1. The van der Waals surface area contributed by atoms with Crippen molar-refractivity contribution in [3.05, 3.63) is 53.9 Å². The number of nitrogens with one attached hydrogen (secondary N) is 1. The summed E-state index contributed by atoms with van der Waals surface area (Å²) < 4.78 is 30.4. The van der Waals surface area contributed by atoms with Gasteiger partial charge in [-0.05, 0) is 30.0 Å². The van der Waals surface area contributed by atoms with E-state index in [-0.39, 0.29) is 53.7 Å². The Morgan fingerprint density at radius 1 is 1.07 bits per heavy atom. The van der Waals surface area contributed by atoms with Gasteiger partial charge in [-0.15, -0.1) is 0 Å². The minimum absolute atomic E-state index is 0.0833. The summed E-state index contributed by atoms with van der Waals surface area (Å²) >= 11 is 0. The van der Waals surface area contributed by atoms with Crippen molar-refractivity contribution >= 4 is 28.5 Å². The second-order valence-electron chi connectivity index (χ2n) is 7.66. The second-order valence-corrected chi connectivity index (χ2v) is 7.66. The summed E-state index contributed by atoms with van der Waals surface area (Å²) in [5, 5.41) is 3.32. The van der Waals surface area contributed by atoms with Crippen LogP contribution in [0.5, 0.6) is 0 Å². The number of aromatic nitrogens is 2. The molecular weight excluding hydrogens is 390 g/mol. The number of nitrogens with zero attached hydrogens (tertiary/aromatic N) is 3. The van der Waals surface area contributed by atoms with Crippen LogP contribution in [-0.2, 0) is 16.1 Å². The van der Waals surface area contributed by atoms with E-state index in [1.807, 2.05) is 0 Å². The molecule has 152 valence electrons. The first-order valence-electron chi connectivity index (χ1n) is 9.83. The lowest BCUT2D eigenvalue weighted by Crippen LogP contribution is -2.28. The van der Waals surface area contributed by atoms with Crippen LogP contribution in [0.25, 0.3) is 22.0 Å². The SMILES string of the molecule is O=C1CCC(=O)N1Cc1cccc(-c2c(F)cc3ncnc(NC4CC4)c3c2F)c1. The molecule has 0 unspecified atom stereocenters. The van der Waals surface area contributed by atoms with Gasteiger partial charge in [0.15, 0.2) is 0 Å². The Kier molecular flexibility index (Phi) is 4.42. The van der Waals surface area contributed by atoms with Crippen molar-refractivity contribution in [3.8, 4) is 11.1 Å². The molecule has 2 heterocycles. The van der Waals surface area contributed by atoms with E-state index in [0.29, 0.717) is 16.9 Å². The average Bonchev–Trinajstić information content (AvgIpc) is 3.48. The number of carbonyl (C=O) groups excluding carboxylic acids is 2. The molecule has 0 spiro atoms. The lowest BCUT2D eigenvalue weighted by Gasteiger charge is -2.15. The summed E-state index contributed by atoms with van der Waals surface area (Å²) in [4.78, 5) is 33.1. The topological polar surface area (TPSA) is 75.2 Å². The van der Waals surface area contributed by atoms with E-state index in [9.17, 15) is 14.0 Å². The number of fused-ring (bicyclic) bond motifs is 1. The molecule has 1 aliphatic carbocycles. The van der Waals surface area contributed by atoms with E-state index in [4.69, 9.17) is 0 Å². The summed E-state index contributed by atoms with van der Waals surface area (Å²) in [6.45, 7) is 0.0833. The maximum Gasteiger partial charge on any atom is 0.229 e. The molecule has 1 saturated heterocycles. The molecule has 1 saturated carbocycles. The number of imide groups is 1. The van der Waals surface area contributed by atoms with Crippen LogP contribution in [0, 0.1) is 11.6 Å². The minimum atomic E-state index is -0.737. The van der Waals surface area contributed by atoms with E-state index >= 15 is 4.39 Å². The third-order valence-electron chi connectivity index (χ3n) is 5.45. The molecule has 6 nitrogen and oxygen atoms in total. The van der Waals surface area contributed by atoms with Crippen molar-refractivity contribution < 1.29 is 18.4 Å². The maximum atomic E-state index is 15.5. The fourth-order valence-corrected chi connectivity index (χ4v) is 3.75. The number of likely N-dealkylation sites (tertiary alicyclic amines) is 1. The molecule has 2 amide bonds. The first-order valence-corrected chi connectivity index (χ1v) is 9.83. The molecule has 2 aromatic carbocycles. The van der Waals surface area contributed by atoms with Gasteiger partial charge in [0.1, 0.15) is 23.8 Å². The average molecular weight is 408 g/mol. The third-order valence-corrected chi connectivity index (χ3v) is 5.45. The molecular formula is C22H18F2N4O2. The summed E-state index contributed by atoms with van der Waals surface area (Å²) in [5.74, 6) is -1.59. The molecule has 1 aliphatic heterocycles. The lowest BCUT2D eigenvalue weighted by atomic mass is 9.99. The molecule has 2 fully saturated rings. The van der Waals surface area contributed by atoms with Crippen molar-refractivity contribution in [3.63, 3.8) is 0 Å². The monoisotopic (exact) mass is 408 g/mol. The van der Waals surface area contributed by atoms with Gasteiger partial charge in [-0.25, -0.2) is 18.7 Å². The van der Waals surface area contributed by atoms with Gasteiger partial charge < -0.3 is 5.32 Å². The highest BCUT2D eigenvalue weighted by molar-refractivity contribution is 6.01. The van der Waals surface area contributed by atoms with Gasteiger partial charge >= 0.3 is 0 Å². The number of hydrogen-bond acceptors (Lipinski definition) is 5. The highest BCUT2D eigenvalue weighted by atomic mass is 19.1. The smallest absolute Gasteiger partial charge is 0.229 e. The quantitative estimate of drug-likeness (QED) is 0.650. The van der Waals surface area contributed by atoms with Gasteiger partial charge in [0.25, 0.3) is 0 Å². The molecule has 1 N–H and O–H groups in total. The maximum absolute atomic E-state index is 15.5. The zero-order valence-electron chi connectivity index (χ0n) is 16.0. The van der Waals surface area contributed by atoms with Crippen molar-refractivity contribution in [1.82, 2.24) is 14.9 Å². The van der Waals surface area contributed by atoms with Crippen LogP contribution in [0.15, 0.2) is 36.7 Å². The van der Waals surface area contributed by atoms with E-state index in [1.54, 1.807) is 24.3 Å². The first-order chi connectivity index (χ1) is 14.5. The Balaban J connectivity index is 1.57. The van der Waals surface area contributed by atoms with Crippen molar-refractivity contribution in [2.75, 3.05) is 5.32 Å². The van der Waals surface area contributed by atoms with E-state index in [2.05, 4.69) is 15.3 Å². The Morgan fingerprint density at radius 2 is 1.83 bits per heavy atom. The van der Waals surface area contributed by atoms with E-state index in [1.165, 1.54) is 17.3 Å². The van der Waals surface area contributed by atoms with Crippen LogP contribution in [0.4, 0.5) is 14.6 Å². The number of hydrogen-bond donors (Lipinski definition) is 1. The van der Waals surface area contributed by atoms with Gasteiger partial charge in [-0.2, -0.15) is 0 Å². The van der Waals surface area contributed by atoms with Crippen LogP contribution in [0.2, 0.25) is 0 Å². The fraction of sp³-hybridized carbons (Fsp3) is 0.273. The molecule has 3 aromatic rings. The summed E-state index contributed by atoms with van der Waals surface area (Å²) in [7, 11) is 0. The van der Waals surface area contributed by atoms with Crippen molar-refractivity contribution in [2.24, 2.45) is 0 Å². The first kappa shape index (κ1) is 18.6. The minimum Gasteiger partial charge on any atom is -0.367 e. The molecule has 0 radical (unpaired) electrons. The molecule has 0 bridgehead atoms. The van der Waals surface area contributed by atoms with Gasteiger partial charge in [0.05, 0.1) is 23.0 Å². The van der Waals surface area contributed by atoms with E-state index < -0.39 is 11.6 Å². The van der Waals surface area contributed by atoms with Crippen molar-refractivity contribution in [1.29, 1.82) is 0 Å². The predicted octanol–water partition coefficient (Wildman–Crippen LogP) is 3.80. The van der Waals surface area contributed by atoms with Crippen LogP contribution in [-0.4, -0.2) is 32.7 Å². The van der Waals surface area contributed by atoms with Gasteiger partial charge in [-0.1, -0.05) is 18.2 Å². The highest BCUT2D eigenvalue weighted by Crippen LogP contribution is 2.36. The molecule has 0 atom stereocenters. The van der Waals surface area contributed by atoms with Gasteiger partial charge in [0, 0.05) is 24.9 Å². The number of carbonyl (C=O) groups is 2. The fourth-order valence-electron chi connectivity index (χ4n) is 3.75. The standard InChI is InChI=1S/C22H18F2N4O2/c23-15-9-16-20(22(26-11-25-16)27-14-4-5-14)21(24)19(15)13-3-1-2-12(8-13)10-28-17(29)6-7-18(28)30/h1-3,8-9,11,14H,4-7,10H2,(H,25,26,27). The number of amides is 2. The summed E-state index contributed by atoms with van der Waals surface area (Å²) in [6, 6.07) is 8.03. The number of halogens is 2. The molecule has 5 rings (SSSR count). The molecule has 30 heavy (non-hydrogen) atoms. The zero-order valence-corrected chi connectivity index (χ0v) is 16.0. The van der Waals surface area contributed by atoms with Crippen LogP contribution in [0.1, 0.15) is 31.2 Å². The van der Waals surface area contributed by atoms with Crippen LogP contribution >= 0.6 is 0 Å². The predicted molar refractivity (Wildman–Crippen MR) is 106 cm³/mol. The zero-order chi connectivity index (χ0) is 20.8. The number of benzene rings is 2. The Bertz CT molecular complexity index is 1180. The molecule has 1 aromatic heterocycles. The molecule has 8 heteroatoms. The summed E-state index contributed by atoms with van der Waals surface area (Å²) in [6.07, 6.45) is 3.65. The van der Waals surface area contributed by atoms with Crippen LogP contribution in [0.3, 0.4) is 0 Å². The Morgan fingerprint density at radius 3 is 2.57 bits per heavy atom.